The fraction of sp³-hybridized carbons (Fsp3) is 0.125. The fourth-order valence-corrected chi connectivity index (χ4v) is 1.38. The smallest absolute Gasteiger partial charge is 0.295 e. The number of hydrogen-bond donors (Lipinski definition) is 0. The second-order valence-corrected chi connectivity index (χ2v) is 3.00. The van der Waals surface area contributed by atoms with Gasteiger partial charge in [-0.1, -0.05) is 11.6 Å². The third kappa shape index (κ3) is 1.19. The molecule has 2 aromatic rings. The normalized spacial score (nSPS) is 10.6. The van der Waals surface area contributed by atoms with Gasteiger partial charge in [-0.3, -0.25) is 9.55 Å². The van der Waals surface area contributed by atoms with Crippen LogP contribution in [0.5, 0.6) is 0 Å². The molecule has 0 fully saturated rings. The average Bonchev–Trinajstić information content (AvgIpc) is 2.15. The molecular weight excluding hydrogens is 190 g/mol. The predicted molar refractivity (Wildman–Crippen MR) is 49.8 cm³/mol. The fourth-order valence-electron chi connectivity index (χ4n) is 1.16. The minimum Gasteiger partial charge on any atom is -0.295 e. The average molecular weight is 196 g/mol. The molecule has 0 atom stereocenters. The molecule has 4 nitrogen and oxygen atoms in total. The van der Waals surface area contributed by atoms with E-state index in [2.05, 4.69) is 9.97 Å². The van der Waals surface area contributed by atoms with Crippen LogP contribution in [0.1, 0.15) is 0 Å². The third-order valence-corrected chi connectivity index (χ3v) is 2.15. The van der Waals surface area contributed by atoms with Gasteiger partial charge in [-0.25, -0.2) is 4.79 Å². The molecule has 0 N–H and O–H groups in total. The maximum atomic E-state index is 11.2. The van der Waals surface area contributed by atoms with Gasteiger partial charge in [-0.2, -0.15) is 4.98 Å². The van der Waals surface area contributed by atoms with Crippen LogP contribution in [0.4, 0.5) is 0 Å². The van der Waals surface area contributed by atoms with Crippen molar-refractivity contribution < 1.29 is 0 Å². The number of aromatic nitrogens is 3. The Bertz CT molecular complexity index is 520. The van der Waals surface area contributed by atoms with Crippen LogP contribution < -0.4 is 5.69 Å². The highest BCUT2D eigenvalue weighted by atomic mass is 35.5. The lowest BCUT2D eigenvalue weighted by atomic mass is 10.3. The van der Waals surface area contributed by atoms with Gasteiger partial charge >= 0.3 is 5.69 Å². The van der Waals surface area contributed by atoms with E-state index in [1.807, 2.05) is 0 Å². The molecule has 0 aliphatic carbocycles. The van der Waals surface area contributed by atoms with E-state index >= 15 is 0 Å². The summed E-state index contributed by atoms with van der Waals surface area (Å²) in [4.78, 5) is 18.7. The molecule has 0 unspecified atom stereocenters. The lowest BCUT2D eigenvalue weighted by Crippen LogP contribution is -2.20. The van der Waals surface area contributed by atoms with Crippen molar-refractivity contribution >= 4 is 22.5 Å². The Hall–Kier alpha value is -1.42. The van der Waals surface area contributed by atoms with Gasteiger partial charge in [0.05, 0.1) is 10.9 Å². The second kappa shape index (κ2) is 2.81. The molecule has 2 rings (SSSR count). The lowest BCUT2D eigenvalue weighted by Gasteiger charge is -2.02. The van der Waals surface area contributed by atoms with Crippen molar-refractivity contribution in [3.8, 4) is 0 Å². The maximum absolute atomic E-state index is 11.2. The Labute approximate surface area is 78.8 Å². The number of hydrogen-bond acceptors (Lipinski definition) is 3. The van der Waals surface area contributed by atoms with Crippen molar-refractivity contribution in [2.24, 2.45) is 7.05 Å². The number of aryl methyl sites for hydroxylation is 1. The Morgan fingerprint density at radius 2 is 2.31 bits per heavy atom. The molecule has 0 aliphatic rings. The minimum absolute atomic E-state index is 0.200. The van der Waals surface area contributed by atoms with Gasteiger partial charge in [0.1, 0.15) is 5.15 Å². The summed E-state index contributed by atoms with van der Waals surface area (Å²) in [5.74, 6) is 0. The van der Waals surface area contributed by atoms with E-state index in [0.29, 0.717) is 5.39 Å². The van der Waals surface area contributed by atoms with Crippen molar-refractivity contribution in [2.75, 3.05) is 0 Å². The first-order valence-corrected chi connectivity index (χ1v) is 4.04. The molecular formula is C8H6ClN3O. The van der Waals surface area contributed by atoms with Crippen molar-refractivity contribution in [3.63, 3.8) is 0 Å². The topological polar surface area (TPSA) is 47.8 Å². The molecule has 0 aliphatic heterocycles. The summed E-state index contributed by atoms with van der Waals surface area (Å²) in [6.45, 7) is 0. The standard InChI is InChI=1S/C8H6ClN3O/c1-12-6-2-3-10-4-5(6)7(9)11-8(12)13/h2-4H,1H3. The SMILES string of the molecule is Cn1c(=O)nc(Cl)c2cnccc21. The number of nitrogens with zero attached hydrogens (tertiary/aromatic N) is 3. The van der Waals surface area contributed by atoms with Crippen molar-refractivity contribution in [1.82, 2.24) is 14.5 Å². The number of halogens is 1. The van der Waals surface area contributed by atoms with Crippen LogP contribution in [0, 0.1) is 0 Å². The van der Waals surface area contributed by atoms with Crippen LogP contribution in [0.25, 0.3) is 10.9 Å². The van der Waals surface area contributed by atoms with Crippen LogP contribution >= 0.6 is 11.6 Å². The number of fused-ring (bicyclic) bond motifs is 1. The summed E-state index contributed by atoms with van der Waals surface area (Å²) in [7, 11) is 1.65. The Balaban J connectivity index is 3.06. The van der Waals surface area contributed by atoms with E-state index in [-0.39, 0.29) is 10.8 Å². The van der Waals surface area contributed by atoms with Crippen molar-refractivity contribution in [2.45, 2.75) is 0 Å². The first kappa shape index (κ1) is 8.19. The van der Waals surface area contributed by atoms with Gasteiger partial charge in [0.2, 0.25) is 0 Å². The van der Waals surface area contributed by atoms with Crippen LogP contribution in [-0.2, 0) is 7.05 Å². The van der Waals surface area contributed by atoms with E-state index in [1.165, 1.54) is 4.57 Å². The minimum atomic E-state index is -0.358. The predicted octanol–water partition coefficient (Wildman–Crippen LogP) is 0.982. The van der Waals surface area contributed by atoms with E-state index in [4.69, 9.17) is 11.6 Å². The van der Waals surface area contributed by atoms with Crippen LogP contribution in [0.15, 0.2) is 23.3 Å². The zero-order valence-electron chi connectivity index (χ0n) is 6.86. The first-order valence-electron chi connectivity index (χ1n) is 3.66. The zero-order chi connectivity index (χ0) is 9.42. The highest BCUT2D eigenvalue weighted by Gasteiger charge is 2.04. The van der Waals surface area contributed by atoms with Gasteiger partial charge in [0, 0.05) is 19.4 Å². The van der Waals surface area contributed by atoms with Gasteiger partial charge in [0.15, 0.2) is 0 Å². The van der Waals surface area contributed by atoms with Gasteiger partial charge in [-0.15, -0.1) is 0 Å². The highest BCUT2D eigenvalue weighted by molar-refractivity contribution is 6.33. The molecule has 0 spiro atoms. The van der Waals surface area contributed by atoms with Crippen molar-refractivity contribution in [3.05, 3.63) is 34.1 Å². The molecule has 0 saturated carbocycles. The Morgan fingerprint density at radius 3 is 3.08 bits per heavy atom. The largest absolute Gasteiger partial charge is 0.349 e. The maximum Gasteiger partial charge on any atom is 0.349 e. The third-order valence-electron chi connectivity index (χ3n) is 1.86. The molecule has 66 valence electrons. The molecule has 0 radical (unpaired) electrons. The van der Waals surface area contributed by atoms with E-state index in [1.54, 1.807) is 25.5 Å². The van der Waals surface area contributed by atoms with Crippen LogP contribution in [0.2, 0.25) is 5.15 Å². The van der Waals surface area contributed by atoms with E-state index in [0.717, 1.165) is 5.52 Å². The summed E-state index contributed by atoms with van der Waals surface area (Å²) < 4.78 is 1.43. The molecule has 2 aromatic heterocycles. The number of rotatable bonds is 0. The van der Waals surface area contributed by atoms with Gasteiger partial charge < -0.3 is 0 Å². The molecule has 13 heavy (non-hydrogen) atoms. The lowest BCUT2D eigenvalue weighted by molar-refractivity contribution is 0.851. The summed E-state index contributed by atoms with van der Waals surface area (Å²) in [5, 5.41) is 0.887. The summed E-state index contributed by atoms with van der Waals surface area (Å²) in [6.07, 6.45) is 3.20. The molecule has 0 bridgehead atoms. The second-order valence-electron chi connectivity index (χ2n) is 2.64. The molecule has 0 amide bonds. The van der Waals surface area contributed by atoms with E-state index < -0.39 is 0 Å². The van der Waals surface area contributed by atoms with Crippen LogP contribution in [-0.4, -0.2) is 14.5 Å². The molecule has 5 heteroatoms. The summed E-state index contributed by atoms with van der Waals surface area (Å²) in [6, 6.07) is 1.73. The molecule has 0 saturated heterocycles. The van der Waals surface area contributed by atoms with Crippen molar-refractivity contribution in [1.29, 1.82) is 0 Å². The summed E-state index contributed by atoms with van der Waals surface area (Å²) >= 11 is 5.77. The Morgan fingerprint density at radius 1 is 1.54 bits per heavy atom. The molecule has 2 heterocycles. The van der Waals surface area contributed by atoms with Gasteiger partial charge in [-0.05, 0) is 6.07 Å². The van der Waals surface area contributed by atoms with Crippen LogP contribution in [0.3, 0.4) is 0 Å². The summed E-state index contributed by atoms with van der Waals surface area (Å²) in [5.41, 5.74) is 0.378. The van der Waals surface area contributed by atoms with E-state index in [9.17, 15) is 4.79 Å². The molecule has 0 aromatic carbocycles. The zero-order valence-corrected chi connectivity index (χ0v) is 7.62. The highest BCUT2D eigenvalue weighted by Crippen LogP contribution is 2.16. The quantitative estimate of drug-likeness (QED) is 0.589. The number of pyridine rings is 1. The monoisotopic (exact) mass is 195 g/mol. The van der Waals surface area contributed by atoms with Gasteiger partial charge in [0.25, 0.3) is 0 Å². The Kier molecular flexibility index (Phi) is 1.77. The first-order chi connectivity index (χ1) is 6.20.